The molecule has 0 nitrogen and oxygen atoms in total. The van der Waals surface area contributed by atoms with Crippen LogP contribution in [-0.2, 0) is 0 Å². The molecule has 4 rings (SSSR count). The Kier molecular flexibility index (Phi) is 3.10. The lowest BCUT2D eigenvalue weighted by molar-refractivity contribution is 0.217. The van der Waals surface area contributed by atoms with Crippen molar-refractivity contribution in [2.24, 2.45) is 35.5 Å². The highest BCUT2D eigenvalue weighted by atomic mass is 14.4. The van der Waals surface area contributed by atoms with Gasteiger partial charge in [0.2, 0.25) is 0 Å². The van der Waals surface area contributed by atoms with E-state index in [2.05, 4.69) is 72.9 Å². The first-order chi connectivity index (χ1) is 9.93. The van der Waals surface area contributed by atoms with Gasteiger partial charge in [-0.1, -0.05) is 72.9 Å². The van der Waals surface area contributed by atoms with E-state index in [0.29, 0.717) is 35.5 Å². The number of allylic oxidation sites excluding steroid dienone is 12. The summed E-state index contributed by atoms with van der Waals surface area (Å²) >= 11 is 0. The van der Waals surface area contributed by atoms with E-state index < -0.39 is 0 Å². The Balaban J connectivity index is 1.66. The van der Waals surface area contributed by atoms with Gasteiger partial charge in [0.1, 0.15) is 0 Å². The van der Waals surface area contributed by atoms with Crippen LogP contribution in [0.25, 0.3) is 0 Å². The van der Waals surface area contributed by atoms with E-state index in [0.717, 1.165) is 0 Å². The predicted octanol–water partition coefficient (Wildman–Crippen LogP) is 4.86. The fraction of sp³-hybridized carbons (Fsp3) is 0.400. The maximum atomic E-state index is 2.49. The van der Waals surface area contributed by atoms with E-state index in [1.165, 1.54) is 12.8 Å². The zero-order valence-electron chi connectivity index (χ0n) is 11.8. The van der Waals surface area contributed by atoms with Gasteiger partial charge in [0.05, 0.1) is 0 Å². The van der Waals surface area contributed by atoms with E-state index in [4.69, 9.17) is 0 Å². The largest absolute Gasteiger partial charge is 0.0876 e. The molecule has 0 spiro atoms. The molecule has 102 valence electrons. The monoisotopic (exact) mass is 262 g/mol. The van der Waals surface area contributed by atoms with E-state index in [1.807, 2.05) is 0 Å². The molecule has 5 unspecified atom stereocenters. The molecule has 0 N–H and O–H groups in total. The van der Waals surface area contributed by atoms with Gasteiger partial charge >= 0.3 is 0 Å². The summed E-state index contributed by atoms with van der Waals surface area (Å²) in [7, 11) is 0. The third kappa shape index (κ3) is 1.98. The maximum absolute atomic E-state index is 2.49. The van der Waals surface area contributed by atoms with Gasteiger partial charge in [-0.2, -0.15) is 0 Å². The van der Waals surface area contributed by atoms with Crippen LogP contribution in [0, 0.1) is 35.5 Å². The molecule has 20 heavy (non-hydrogen) atoms. The average molecular weight is 262 g/mol. The van der Waals surface area contributed by atoms with Crippen LogP contribution in [0.15, 0.2) is 72.9 Å². The zero-order chi connectivity index (χ0) is 13.4. The van der Waals surface area contributed by atoms with Crippen molar-refractivity contribution in [1.82, 2.24) is 0 Å². The molecule has 0 saturated carbocycles. The Morgan fingerprint density at radius 1 is 0.450 bits per heavy atom. The number of rotatable bonds is 1. The summed E-state index contributed by atoms with van der Waals surface area (Å²) in [5.74, 6) is 4.14. The van der Waals surface area contributed by atoms with Crippen LogP contribution >= 0.6 is 0 Å². The number of hydrogen-bond acceptors (Lipinski definition) is 0. The minimum absolute atomic E-state index is 0.662. The second kappa shape index (κ2) is 5.09. The van der Waals surface area contributed by atoms with Gasteiger partial charge in [-0.3, -0.25) is 0 Å². The van der Waals surface area contributed by atoms with E-state index in [9.17, 15) is 0 Å². The van der Waals surface area contributed by atoms with Crippen LogP contribution in [-0.4, -0.2) is 0 Å². The molecule has 6 atom stereocenters. The highest BCUT2D eigenvalue weighted by Crippen LogP contribution is 2.46. The molecule has 0 saturated heterocycles. The number of fused-ring (bicyclic) bond motifs is 2. The summed E-state index contributed by atoms with van der Waals surface area (Å²) in [5.41, 5.74) is 0. The normalized spacial score (nSPS) is 44.4. The van der Waals surface area contributed by atoms with Crippen molar-refractivity contribution in [2.75, 3.05) is 0 Å². The summed E-state index contributed by atoms with van der Waals surface area (Å²) in [6.07, 6.45) is 30.9. The van der Waals surface area contributed by atoms with Crippen LogP contribution in [0.4, 0.5) is 0 Å². The van der Waals surface area contributed by atoms with Crippen molar-refractivity contribution < 1.29 is 0 Å². The van der Waals surface area contributed by atoms with Gasteiger partial charge in [-0.15, -0.1) is 0 Å². The average Bonchev–Trinajstić information content (AvgIpc) is 2.54. The first-order valence-electron chi connectivity index (χ1n) is 7.97. The fourth-order valence-corrected chi connectivity index (χ4v) is 4.45. The van der Waals surface area contributed by atoms with E-state index in [1.54, 1.807) is 0 Å². The molecule has 0 aromatic heterocycles. The summed E-state index contributed by atoms with van der Waals surface area (Å²) in [4.78, 5) is 0. The molecule has 0 bridgehead atoms. The van der Waals surface area contributed by atoms with Crippen molar-refractivity contribution in [2.45, 2.75) is 12.8 Å². The van der Waals surface area contributed by atoms with Crippen LogP contribution in [0.2, 0.25) is 0 Å². The molecule has 4 aliphatic carbocycles. The summed E-state index contributed by atoms with van der Waals surface area (Å²) in [6.45, 7) is 0. The molecule has 0 heteroatoms. The standard InChI is InChI=1S/C20H22/c1-3-11-17-15(7-1)9-5-13-19(17)20-14-6-10-16-8-2-4-12-18(16)20/h1-8,11-20H,9-10H2/t15?,16?,17?,18?,19-,20?/m0/s1. The summed E-state index contributed by atoms with van der Waals surface area (Å²) in [5, 5.41) is 0. The molecule has 0 aliphatic heterocycles. The molecule has 0 aromatic rings. The lowest BCUT2D eigenvalue weighted by Gasteiger charge is -2.42. The lowest BCUT2D eigenvalue weighted by atomic mass is 9.62. The van der Waals surface area contributed by atoms with Crippen LogP contribution in [0.1, 0.15) is 12.8 Å². The molecular weight excluding hydrogens is 240 g/mol. The lowest BCUT2D eigenvalue weighted by Crippen LogP contribution is -2.35. The molecular formula is C20H22. The highest BCUT2D eigenvalue weighted by Gasteiger charge is 2.38. The quantitative estimate of drug-likeness (QED) is 0.592. The van der Waals surface area contributed by atoms with Crippen molar-refractivity contribution in [3.8, 4) is 0 Å². The van der Waals surface area contributed by atoms with Crippen LogP contribution in [0.5, 0.6) is 0 Å². The van der Waals surface area contributed by atoms with Gasteiger partial charge in [0.15, 0.2) is 0 Å². The molecule has 0 fully saturated rings. The minimum atomic E-state index is 0.662. The van der Waals surface area contributed by atoms with Crippen LogP contribution < -0.4 is 0 Å². The van der Waals surface area contributed by atoms with Crippen LogP contribution in [0.3, 0.4) is 0 Å². The summed E-state index contributed by atoms with van der Waals surface area (Å²) < 4.78 is 0. The Hall–Kier alpha value is -1.56. The highest BCUT2D eigenvalue weighted by molar-refractivity contribution is 5.26. The van der Waals surface area contributed by atoms with Crippen molar-refractivity contribution in [3.63, 3.8) is 0 Å². The molecule has 0 aromatic carbocycles. The summed E-state index contributed by atoms with van der Waals surface area (Å²) in [6, 6.07) is 0. The Morgan fingerprint density at radius 3 is 1.40 bits per heavy atom. The Morgan fingerprint density at radius 2 is 0.900 bits per heavy atom. The smallest absolute Gasteiger partial charge is 0.00955 e. The van der Waals surface area contributed by atoms with Crippen molar-refractivity contribution >= 4 is 0 Å². The molecule has 0 radical (unpaired) electrons. The minimum Gasteiger partial charge on any atom is -0.0876 e. The van der Waals surface area contributed by atoms with Gasteiger partial charge in [0.25, 0.3) is 0 Å². The molecule has 0 amide bonds. The maximum Gasteiger partial charge on any atom is -0.00955 e. The van der Waals surface area contributed by atoms with E-state index in [-0.39, 0.29) is 0 Å². The first-order valence-corrected chi connectivity index (χ1v) is 7.97. The number of hydrogen-bond donors (Lipinski definition) is 0. The van der Waals surface area contributed by atoms with Gasteiger partial charge < -0.3 is 0 Å². The molecule has 0 heterocycles. The third-order valence-electron chi connectivity index (χ3n) is 5.46. The Bertz CT molecular complexity index is 490. The topological polar surface area (TPSA) is 0 Å². The van der Waals surface area contributed by atoms with Gasteiger partial charge in [-0.25, -0.2) is 0 Å². The predicted molar refractivity (Wildman–Crippen MR) is 85.0 cm³/mol. The van der Waals surface area contributed by atoms with E-state index >= 15 is 0 Å². The second-order valence-electron chi connectivity index (χ2n) is 6.50. The zero-order valence-corrected chi connectivity index (χ0v) is 11.8. The van der Waals surface area contributed by atoms with Crippen molar-refractivity contribution in [1.29, 1.82) is 0 Å². The SMILES string of the molecule is C1=CC2CC=CC([C@H]3C=CCC4C=CC=CC43)C2C=C1. The fourth-order valence-electron chi connectivity index (χ4n) is 4.45. The van der Waals surface area contributed by atoms with Gasteiger partial charge in [0, 0.05) is 0 Å². The Labute approximate surface area is 122 Å². The van der Waals surface area contributed by atoms with Gasteiger partial charge in [-0.05, 0) is 48.3 Å². The second-order valence-corrected chi connectivity index (χ2v) is 6.50. The molecule has 4 aliphatic rings. The van der Waals surface area contributed by atoms with Crippen molar-refractivity contribution in [3.05, 3.63) is 72.9 Å². The third-order valence-corrected chi connectivity index (χ3v) is 5.46. The first kappa shape index (κ1) is 12.2.